The summed E-state index contributed by atoms with van der Waals surface area (Å²) in [6.45, 7) is 9.37. The summed E-state index contributed by atoms with van der Waals surface area (Å²) in [6, 6.07) is 8.40. The van der Waals surface area contributed by atoms with Crippen LogP contribution in [0.1, 0.15) is 18.1 Å². The zero-order valence-corrected chi connectivity index (χ0v) is 15.7. The predicted molar refractivity (Wildman–Crippen MR) is 102 cm³/mol. The minimum Gasteiger partial charge on any atom is -0.369 e. The average molecular weight is 365 g/mol. The van der Waals surface area contributed by atoms with E-state index in [0.29, 0.717) is 6.54 Å². The Morgan fingerprint density at radius 3 is 2.24 bits per heavy atom. The molecule has 2 rings (SSSR count). The first-order valence-corrected chi connectivity index (χ1v) is 9.87. The third kappa shape index (κ3) is 7.46. The van der Waals surface area contributed by atoms with E-state index < -0.39 is 5.91 Å². The summed E-state index contributed by atoms with van der Waals surface area (Å²) in [5, 5.41) is 2.86. The van der Waals surface area contributed by atoms with Gasteiger partial charge in [0.05, 0.1) is 11.5 Å². The molecule has 1 aromatic carbocycles. The van der Waals surface area contributed by atoms with Crippen LogP contribution in [0.3, 0.4) is 0 Å². The Balaban J connectivity index is 1.69. The van der Waals surface area contributed by atoms with Crippen LogP contribution in [0.2, 0.25) is 0 Å². The van der Waals surface area contributed by atoms with E-state index in [4.69, 9.17) is 5.73 Å². The number of rotatable bonds is 9. The molecule has 0 radical (unpaired) electrons. The van der Waals surface area contributed by atoms with Crippen LogP contribution in [0.5, 0.6) is 0 Å². The summed E-state index contributed by atoms with van der Waals surface area (Å²) >= 11 is 1.23. The lowest BCUT2D eigenvalue weighted by Crippen LogP contribution is -2.45. The van der Waals surface area contributed by atoms with E-state index in [0.717, 1.165) is 44.8 Å². The molecule has 0 aliphatic carbocycles. The molecule has 25 heavy (non-hydrogen) atoms. The van der Waals surface area contributed by atoms with Crippen LogP contribution in [0.4, 0.5) is 0 Å². The predicted octanol–water partition coefficient (Wildman–Crippen LogP) is 0.659. The molecular weight excluding hydrogens is 336 g/mol. The molecule has 1 saturated heterocycles. The fraction of sp³-hybridized carbons (Fsp3) is 0.556. The number of piperazine rings is 1. The van der Waals surface area contributed by atoms with Gasteiger partial charge in [-0.1, -0.05) is 31.2 Å². The van der Waals surface area contributed by atoms with Crippen molar-refractivity contribution in [2.75, 3.05) is 44.2 Å². The number of carbonyl (C=O) groups excluding carboxylic acids is 2. The van der Waals surface area contributed by atoms with Gasteiger partial charge in [-0.2, -0.15) is 0 Å². The number of thioether (sulfide) groups is 1. The molecule has 7 heteroatoms. The number of carbonyl (C=O) groups is 2. The number of likely N-dealkylation sites (N-methyl/N-ethyl adjacent to an activating group) is 1. The van der Waals surface area contributed by atoms with Crippen LogP contribution < -0.4 is 11.1 Å². The second-order valence-electron chi connectivity index (χ2n) is 6.26. The number of amides is 2. The minimum atomic E-state index is -0.399. The van der Waals surface area contributed by atoms with Crippen LogP contribution in [-0.2, 0) is 22.7 Å². The Kier molecular flexibility index (Phi) is 8.24. The van der Waals surface area contributed by atoms with Gasteiger partial charge in [0.1, 0.15) is 0 Å². The summed E-state index contributed by atoms with van der Waals surface area (Å²) in [6.07, 6.45) is 0. The summed E-state index contributed by atoms with van der Waals surface area (Å²) in [7, 11) is 0. The Bertz CT molecular complexity index is 557. The Morgan fingerprint density at radius 2 is 1.64 bits per heavy atom. The van der Waals surface area contributed by atoms with Crippen molar-refractivity contribution < 1.29 is 9.59 Å². The third-order valence-corrected chi connectivity index (χ3v) is 5.26. The van der Waals surface area contributed by atoms with Crippen LogP contribution in [0.15, 0.2) is 24.3 Å². The second kappa shape index (κ2) is 10.4. The van der Waals surface area contributed by atoms with Crippen molar-refractivity contribution in [1.82, 2.24) is 15.1 Å². The fourth-order valence-corrected chi connectivity index (χ4v) is 3.37. The fourth-order valence-electron chi connectivity index (χ4n) is 2.78. The van der Waals surface area contributed by atoms with Gasteiger partial charge in [-0.3, -0.25) is 14.5 Å². The molecule has 1 aliphatic rings. The lowest BCUT2D eigenvalue weighted by molar-refractivity contribution is -0.118. The van der Waals surface area contributed by atoms with Gasteiger partial charge in [-0.15, -0.1) is 11.8 Å². The molecule has 0 saturated carbocycles. The Labute approximate surface area is 154 Å². The lowest BCUT2D eigenvalue weighted by atomic mass is 10.1. The van der Waals surface area contributed by atoms with Crippen molar-refractivity contribution in [3.8, 4) is 0 Å². The van der Waals surface area contributed by atoms with E-state index in [1.165, 1.54) is 17.3 Å². The maximum Gasteiger partial charge on any atom is 0.230 e. The zero-order valence-electron chi connectivity index (χ0n) is 14.9. The van der Waals surface area contributed by atoms with Crippen molar-refractivity contribution in [1.29, 1.82) is 0 Å². The van der Waals surface area contributed by atoms with Gasteiger partial charge in [0.2, 0.25) is 11.8 Å². The average Bonchev–Trinajstić information content (AvgIpc) is 2.61. The highest BCUT2D eigenvalue weighted by Crippen LogP contribution is 2.10. The summed E-state index contributed by atoms with van der Waals surface area (Å²) in [4.78, 5) is 27.3. The number of primary amides is 1. The number of nitrogens with two attached hydrogens (primary N) is 1. The largest absolute Gasteiger partial charge is 0.369 e. The number of benzene rings is 1. The van der Waals surface area contributed by atoms with Crippen LogP contribution >= 0.6 is 11.8 Å². The van der Waals surface area contributed by atoms with Gasteiger partial charge in [0.15, 0.2) is 0 Å². The van der Waals surface area contributed by atoms with Crippen molar-refractivity contribution in [2.24, 2.45) is 5.73 Å². The zero-order chi connectivity index (χ0) is 18.1. The number of nitrogens with one attached hydrogen (secondary N) is 1. The summed E-state index contributed by atoms with van der Waals surface area (Å²) in [5.74, 6) is -0.0482. The van der Waals surface area contributed by atoms with Gasteiger partial charge in [-0.05, 0) is 17.7 Å². The van der Waals surface area contributed by atoms with Gasteiger partial charge >= 0.3 is 0 Å². The maximum atomic E-state index is 11.7. The molecule has 6 nitrogen and oxygen atoms in total. The molecule has 0 unspecified atom stereocenters. The first-order valence-electron chi connectivity index (χ1n) is 8.72. The number of hydrogen-bond donors (Lipinski definition) is 2. The van der Waals surface area contributed by atoms with Gasteiger partial charge in [0.25, 0.3) is 0 Å². The molecule has 0 aromatic heterocycles. The smallest absolute Gasteiger partial charge is 0.230 e. The van der Waals surface area contributed by atoms with Crippen molar-refractivity contribution in [3.63, 3.8) is 0 Å². The van der Waals surface area contributed by atoms with E-state index in [1.54, 1.807) is 0 Å². The van der Waals surface area contributed by atoms with Crippen molar-refractivity contribution >= 4 is 23.6 Å². The molecule has 1 fully saturated rings. The topological polar surface area (TPSA) is 78.7 Å². The molecule has 1 heterocycles. The SMILES string of the molecule is CCN1CCN(Cc2ccc(CNC(=O)CSCC(N)=O)cc2)CC1. The van der Waals surface area contributed by atoms with Crippen LogP contribution in [-0.4, -0.2) is 65.8 Å². The van der Waals surface area contributed by atoms with Crippen molar-refractivity contribution in [2.45, 2.75) is 20.0 Å². The number of hydrogen-bond acceptors (Lipinski definition) is 5. The highest BCUT2D eigenvalue weighted by molar-refractivity contribution is 8.00. The highest BCUT2D eigenvalue weighted by Gasteiger charge is 2.15. The first-order chi connectivity index (χ1) is 12.1. The van der Waals surface area contributed by atoms with E-state index in [2.05, 4.69) is 46.3 Å². The van der Waals surface area contributed by atoms with Crippen LogP contribution in [0.25, 0.3) is 0 Å². The molecule has 2 amide bonds. The van der Waals surface area contributed by atoms with Crippen molar-refractivity contribution in [3.05, 3.63) is 35.4 Å². The van der Waals surface area contributed by atoms with Crippen LogP contribution in [0, 0.1) is 0 Å². The van der Waals surface area contributed by atoms with E-state index in [1.807, 2.05) is 0 Å². The molecular formula is C18H28N4O2S. The van der Waals surface area contributed by atoms with E-state index >= 15 is 0 Å². The minimum absolute atomic E-state index is 0.0795. The van der Waals surface area contributed by atoms with Gasteiger partial charge in [0, 0.05) is 39.3 Å². The molecule has 0 spiro atoms. The molecule has 0 bridgehead atoms. The van der Waals surface area contributed by atoms with E-state index in [9.17, 15) is 9.59 Å². The molecule has 138 valence electrons. The molecule has 1 aliphatic heterocycles. The quantitative estimate of drug-likeness (QED) is 0.673. The molecule has 0 atom stereocenters. The van der Waals surface area contributed by atoms with E-state index in [-0.39, 0.29) is 17.4 Å². The van der Waals surface area contributed by atoms with Gasteiger partial charge < -0.3 is 16.0 Å². The Hall–Kier alpha value is -1.57. The second-order valence-corrected chi connectivity index (χ2v) is 7.25. The monoisotopic (exact) mass is 364 g/mol. The standard InChI is InChI=1S/C18H28N4O2S/c1-2-21-7-9-22(10-8-21)12-16-5-3-15(4-6-16)11-20-18(24)14-25-13-17(19)23/h3-6H,2,7-14H2,1H3,(H2,19,23)(H,20,24). The molecule has 3 N–H and O–H groups in total. The highest BCUT2D eigenvalue weighted by atomic mass is 32.2. The Morgan fingerprint density at radius 1 is 1.04 bits per heavy atom. The lowest BCUT2D eigenvalue weighted by Gasteiger charge is -2.34. The first kappa shape index (κ1) is 19.8. The number of nitrogens with zero attached hydrogens (tertiary/aromatic N) is 2. The van der Waals surface area contributed by atoms with Gasteiger partial charge in [-0.25, -0.2) is 0 Å². The molecule has 1 aromatic rings. The summed E-state index contributed by atoms with van der Waals surface area (Å²) in [5.41, 5.74) is 7.42. The normalized spacial score (nSPS) is 15.9. The third-order valence-electron chi connectivity index (χ3n) is 4.31. The summed E-state index contributed by atoms with van der Waals surface area (Å²) < 4.78 is 0. The maximum absolute atomic E-state index is 11.7.